The van der Waals surface area contributed by atoms with Crippen LogP contribution in [-0.4, -0.2) is 12.1 Å². The van der Waals surface area contributed by atoms with E-state index in [2.05, 4.69) is 0 Å². The van der Waals surface area contributed by atoms with Gasteiger partial charge in [-0.15, -0.1) is 11.3 Å². The third-order valence-corrected chi connectivity index (χ3v) is 5.61. The summed E-state index contributed by atoms with van der Waals surface area (Å²) in [4.78, 5) is 25.4. The van der Waals surface area contributed by atoms with Gasteiger partial charge in [0.15, 0.2) is 11.2 Å². The van der Waals surface area contributed by atoms with Gasteiger partial charge >= 0.3 is 0 Å². The number of carbonyl (C=O) groups excluding carboxylic acids is 2. The van der Waals surface area contributed by atoms with E-state index in [0.717, 1.165) is 15.5 Å². The molecule has 0 aliphatic heterocycles. The van der Waals surface area contributed by atoms with Crippen molar-refractivity contribution in [2.24, 2.45) is 0 Å². The molecule has 0 aliphatic carbocycles. The predicted molar refractivity (Wildman–Crippen MR) is 95.6 cm³/mol. The normalized spacial score (nSPS) is 13.9. The SMILES string of the molecule is CC(=O)C(C=O)(c1cc2ccccc2o1)c1cc2ccccc2s1. The summed E-state index contributed by atoms with van der Waals surface area (Å²) in [5.74, 6) is 0.126. The smallest absolute Gasteiger partial charge is 0.175 e. The Morgan fingerprint density at radius 1 is 1.04 bits per heavy atom. The third-order valence-electron chi connectivity index (χ3n) is 4.36. The van der Waals surface area contributed by atoms with E-state index in [4.69, 9.17) is 4.42 Å². The van der Waals surface area contributed by atoms with E-state index < -0.39 is 5.41 Å². The fraction of sp³-hybridized carbons (Fsp3) is 0.100. The molecule has 0 N–H and O–H groups in total. The van der Waals surface area contributed by atoms with Gasteiger partial charge in [0.25, 0.3) is 0 Å². The summed E-state index contributed by atoms with van der Waals surface area (Å²) in [6, 6.07) is 19.0. The van der Waals surface area contributed by atoms with Gasteiger partial charge in [-0.25, -0.2) is 0 Å². The van der Waals surface area contributed by atoms with Crippen molar-refractivity contribution in [3.05, 3.63) is 71.3 Å². The van der Waals surface area contributed by atoms with Crippen molar-refractivity contribution >= 4 is 44.5 Å². The molecule has 2 aromatic heterocycles. The highest BCUT2D eigenvalue weighted by Crippen LogP contribution is 2.40. The Bertz CT molecular complexity index is 931. The highest BCUT2D eigenvalue weighted by Gasteiger charge is 2.44. The molecular weight excluding hydrogens is 320 g/mol. The van der Waals surface area contributed by atoms with Gasteiger partial charge in [-0.2, -0.15) is 0 Å². The molecule has 4 aromatic rings. The summed E-state index contributed by atoms with van der Waals surface area (Å²) in [7, 11) is 0. The van der Waals surface area contributed by atoms with Crippen LogP contribution in [0, 0.1) is 0 Å². The van der Waals surface area contributed by atoms with Crippen molar-refractivity contribution in [1.82, 2.24) is 0 Å². The zero-order valence-electron chi connectivity index (χ0n) is 13.0. The first-order chi connectivity index (χ1) is 11.6. The zero-order chi connectivity index (χ0) is 16.7. The zero-order valence-corrected chi connectivity index (χ0v) is 13.8. The van der Waals surface area contributed by atoms with Crippen LogP contribution in [0.1, 0.15) is 17.6 Å². The molecular formula is C20H14O3S. The molecule has 118 valence electrons. The second-order valence-corrected chi connectivity index (χ2v) is 6.86. The van der Waals surface area contributed by atoms with Crippen LogP contribution in [0.25, 0.3) is 21.1 Å². The maximum Gasteiger partial charge on any atom is 0.175 e. The van der Waals surface area contributed by atoms with Crippen molar-refractivity contribution in [1.29, 1.82) is 0 Å². The minimum absolute atomic E-state index is 0.247. The molecule has 2 heterocycles. The number of thiophene rings is 1. The van der Waals surface area contributed by atoms with Crippen molar-refractivity contribution in [3.63, 3.8) is 0 Å². The van der Waals surface area contributed by atoms with E-state index in [1.165, 1.54) is 18.3 Å². The molecule has 3 nitrogen and oxygen atoms in total. The van der Waals surface area contributed by atoms with E-state index >= 15 is 0 Å². The first-order valence-electron chi connectivity index (χ1n) is 7.60. The number of carbonyl (C=O) groups is 2. The minimum atomic E-state index is -1.40. The maximum atomic E-state index is 12.6. The minimum Gasteiger partial charge on any atom is -0.459 e. The largest absolute Gasteiger partial charge is 0.459 e. The summed E-state index contributed by atoms with van der Waals surface area (Å²) in [5, 5.41) is 1.89. The molecule has 0 bridgehead atoms. The summed E-state index contributed by atoms with van der Waals surface area (Å²) in [6.07, 6.45) is 0.706. The second-order valence-electron chi connectivity index (χ2n) is 5.78. The first-order valence-corrected chi connectivity index (χ1v) is 8.42. The number of furan rings is 1. The Hall–Kier alpha value is -2.72. The quantitative estimate of drug-likeness (QED) is 0.401. The van der Waals surface area contributed by atoms with E-state index in [1.807, 2.05) is 54.6 Å². The van der Waals surface area contributed by atoms with Gasteiger partial charge in [0.05, 0.1) is 0 Å². The Balaban J connectivity index is 2.01. The Labute approximate surface area is 142 Å². The monoisotopic (exact) mass is 334 g/mol. The van der Waals surface area contributed by atoms with Gasteiger partial charge in [0.2, 0.25) is 0 Å². The lowest BCUT2D eigenvalue weighted by Crippen LogP contribution is -2.36. The van der Waals surface area contributed by atoms with Gasteiger partial charge in [0.1, 0.15) is 17.6 Å². The van der Waals surface area contributed by atoms with E-state index in [-0.39, 0.29) is 5.78 Å². The van der Waals surface area contributed by atoms with E-state index in [1.54, 1.807) is 6.07 Å². The molecule has 0 saturated carbocycles. The van der Waals surface area contributed by atoms with E-state index in [9.17, 15) is 9.59 Å². The van der Waals surface area contributed by atoms with Gasteiger partial charge in [0, 0.05) is 15.0 Å². The maximum absolute atomic E-state index is 12.6. The van der Waals surface area contributed by atoms with Crippen LogP contribution in [0.2, 0.25) is 0 Å². The van der Waals surface area contributed by atoms with Crippen molar-refractivity contribution in [3.8, 4) is 0 Å². The molecule has 4 heteroatoms. The van der Waals surface area contributed by atoms with Crippen molar-refractivity contribution in [2.45, 2.75) is 12.3 Å². The van der Waals surface area contributed by atoms with E-state index in [0.29, 0.717) is 22.5 Å². The van der Waals surface area contributed by atoms with Gasteiger partial charge in [-0.05, 0) is 36.6 Å². The predicted octanol–water partition coefficient (Wildman–Crippen LogP) is 4.72. The lowest BCUT2D eigenvalue weighted by molar-refractivity contribution is -0.126. The lowest BCUT2D eigenvalue weighted by atomic mass is 9.81. The summed E-state index contributed by atoms with van der Waals surface area (Å²) in [6.45, 7) is 1.44. The summed E-state index contributed by atoms with van der Waals surface area (Å²) in [5.41, 5.74) is -0.732. The fourth-order valence-corrected chi connectivity index (χ4v) is 4.29. The number of hydrogen-bond acceptors (Lipinski definition) is 4. The number of rotatable bonds is 4. The average Bonchev–Trinajstić information content (AvgIpc) is 3.19. The third kappa shape index (κ3) is 2.03. The number of aldehydes is 1. The second kappa shape index (κ2) is 5.42. The number of ketones is 1. The van der Waals surface area contributed by atoms with Crippen LogP contribution >= 0.6 is 11.3 Å². The number of fused-ring (bicyclic) bond motifs is 2. The van der Waals surface area contributed by atoms with Crippen molar-refractivity contribution < 1.29 is 14.0 Å². The Morgan fingerprint density at radius 3 is 2.42 bits per heavy atom. The van der Waals surface area contributed by atoms with Crippen LogP contribution in [0.5, 0.6) is 0 Å². The van der Waals surface area contributed by atoms with Crippen LogP contribution in [0.15, 0.2) is 65.1 Å². The van der Waals surface area contributed by atoms with Crippen molar-refractivity contribution in [2.75, 3.05) is 0 Å². The number of hydrogen-bond donors (Lipinski definition) is 0. The summed E-state index contributed by atoms with van der Waals surface area (Å²) >= 11 is 1.45. The van der Waals surface area contributed by atoms with Gasteiger partial charge < -0.3 is 9.21 Å². The van der Waals surface area contributed by atoms with Crippen LogP contribution in [-0.2, 0) is 15.0 Å². The summed E-state index contributed by atoms with van der Waals surface area (Å²) < 4.78 is 6.93. The molecule has 0 saturated heterocycles. The number of benzene rings is 2. The highest BCUT2D eigenvalue weighted by molar-refractivity contribution is 7.19. The molecule has 24 heavy (non-hydrogen) atoms. The molecule has 0 radical (unpaired) electrons. The standard InChI is InChI=1S/C20H14O3S/c1-13(22)20(12-21,18-10-14-6-2-4-8-16(14)23-18)19-11-15-7-3-5-9-17(15)24-19/h2-12H,1H3. The Morgan fingerprint density at radius 2 is 1.75 bits per heavy atom. The molecule has 1 unspecified atom stereocenters. The molecule has 0 spiro atoms. The van der Waals surface area contributed by atoms with Crippen LogP contribution < -0.4 is 0 Å². The molecule has 2 aromatic carbocycles. The first kappa shape index (κ1) is 14.8. The molecule has 0 aliphatic rings. The fourth-order valence-electron chi connectivity index (χ4n) is 3.02. The topological polar surface area (TPSA) is 47.3 Å². The average molecular weight is 334 g/mol. The van der Waals surface area contributed by atoms with Crippen LogP contribution in [0.3, 0.4) is 0 Å². The molecule has 0 amide bonds. The highest BCUT2D eigenvalue weighted by atomic mass is 32.1. The molecule has 4 rings (SSSR count). The van der Waals surface area contributed by atoms with Crippen LogP contribution in [0.4, 0.5) is 0 Å². The number of para-hydroxylation sites is 1. The molecule has 1 atom stereocenters. The molecule has 0 fully saturated rings. The van der Waals surface area contributed by atoms with Gasteiger partial charge in [-0.3, -0.25) is 4.79 Å². The van der Waals surface area contributed by atoms with Gasteiger partial charge in [-0.1, -0.05) is 36.4 Å². The Kier molecular flexibility index (Phi) is 3.36. The lowest BCUT2D eigenvalue weighted by Gasteiger charge is -2.21. The number of Topliss-reactive ketones (excluding diaryl/α,β-unsaturated/α-hetero) is 1.